The van der Waals surface area contributed by atoms with Crippen LogP contribution < -0.4 is 16.4 Å². The number of ether oxygens (including phenoxy) is 1. The molecular weight excluding hydrogens is 306 g/mol. The summed E-state index contributed by atoms with van der Waals surface area (Å²) in [5.74, 6) is -0.0962. The molecule has 0 radical (unpaired) electrons. The van der Waals surface area contributed by atoms with Gasteiger partial charge < -0.3 is 21.1 Å². The number of rotatable bonds is 9. The summed E-state index contributed by atoms with van der Waals surface area (Å²) in [5, 5.41) is 7.11. The molecule has 1 amide bonds. The number of nitrogen functional groups attached to an aromatic ring is 1. The first-order chi connectivity index (χ1) is 10.0. The van der Waals surface area contributed by atoms with Crippen molar-refractivity contribution in [3.05, 3.63) is 4.88 Å². The van der Waals surface area contributed by atoms with Crippen molar-refractivity contribution in [1.29, 1.82) is 0 Å². The van der Waals surface area contributed by atoms with Gasteiger partial charge >= 0.3 is 0 Å². The van der Waals surface area contributed by atoms with Gasteiger partial charge in [-0.2, -0.15) is 0 Å². The van der Waals surface area contributed by atoms with Crippen molar-refractivity contribution in [3.8, 4) is 0 Å². The molecule has 0 unspecified atom stereocenters. The number of nitrogens with two attached hydrogens (primary N) is 1. The average molecular weight is 332 g/mol. The van der Waals surface area contributed by atoms with Gasteiger partial charge in [0.2, 0.25) is 0 Å². The topological polar surface area (TPSA) is 76.4 Å². The van der Waals surface area contributed by atoms with Gasteiger partial charge in [-0.1, -0.05) is 6.92 Å². The summed E-state index contributed by atoms with van der Waals surface area (Å²) in [5.41, 5.74) is 6.66. The van der Waals surface area contributed by atoms with E-state index in [0.717, 1.165) is 16.3 Å². The molecular formula is C14H25N3O2S2. The number of carbonyl (C=O) groups excluding carboxylic acids is 1. The Hall–Kier alpha value is -0.920. The van der Waals surface area contributed by atoms with Crippen molar-refractivity contribution in [3.63, 3.8) is 0 Å². The van der Waals surface area contributed by atoms with Gasteiger partial charge in [0, 0.05) is 13.1 Å². The van der Waals surface area contributed by atoms with Gasteiger partial charge in [-0.3, -0.25) is 4.79 Å². The van der Waals surface area contributed by atoms with Crippen LogP contribution in [0.15, 0.2) is 4.90 Å². The minimum absolute atomic E-state index is 0.0962. The summed E-state index contributed by atoms with van der Waals surface area (Å²) < 4.78 is 5.50. The number of nitrogens with one attached hydrogen (secondary N) is 2. The molecule has 5 nitrogen and oxygen atoms in total. The third-order valence-electron chi connectivity index (χ3n) is 2.68. The number of thiophene rings is 1. The number of anilines is 2. The standard InChI is InChI=1S/C14H25N3O2S2/c1-5-6-16-13(18)11-10(15)12(20-4)14(21-11)17-7-8-19-9(2)3/h9,17H,5-8,15H2,1-4H3,(H,16,18). The summed E-state index contributed by atoms with van der Waals surface area (Å²) in [6, 6.07) is 0. The number of amides is 1. The van der Waals surface area contributed by atoms with Crippen LogP contribution in [0.2, 0.25) is 0 Å². The Bertz CT molecular complexity index is 461. The van der Waals surface area contributed by atoms with Gasteiger partial charge in [0.1, 0.15) is 9.88 Å². The molecule has 1 aromatic heterocycles. The molecule has 0 atom stereocenters. The molecule has 4 N–H and O–H groups in total. The van der Waals surface area contributed by atoms with Crippen LogP contribution in [-0.4, -0.2) is 38.0 Å². The van der Waals surface area contributed by atoms with E-state index < -0.39 is 0 Å². The van der Waals surface area contributed by atoms with Crippen molar-refractivity contribution in [2.75, 3.05) is 37.0 Å². The molecule has 0 spiro atoms. The van der Waals surface area contributed by atoms with Crippen molar-refractivity contribution < 1.29 is 9.53 Å². The van der Waals surface area contributed by atoms with Crippen LogP contribution in [0.3, 0.4) is 0 Å². The molecule has 0 fully saturated rings. The molecule has 0 saturated heterocycles. The first kappa shape index (κ1) is 18.1. The quantitative estimate of drug-likeness (QED) is 0.479. The Kier molecular flexibility index (Phi) is 7.92. The van der Waals surface area contributed by atoms with Gasteiger partial charge in [0.15, 0.2) is 0 Å². The Morgan fingerprint density at radius 2 is 2.14 bits per heavy atom. The summed E-state index contributed by atoms with van der Waals surface area (Å²) in [6.07, 6.45) is 3.09. The second kappa shape index (κ2) is 9.17. The molecule has 21 heavy (non-hydrogen) atoms. The highest BCUT2D eigenvalue weighted by atomic mass is 32.2. The minimum Gasteiger partial charge on any atom is -0.396 e. The maximum atomic E-state index is 12.1. The fourth-order valence-corrected chi connectivity index (χ4v) is 3.67. The van der Waals surface area contributed by atoms with Crippen LogP contribution in [0.25, 0.3) is 0 Å². The van der Waals surface area contributed by atoms with Gasteiger partial charge in [-0.15, -0.1) is 23.1 Å². The summed E-state index contributed by atoms with van der Waals surface area (Å²) in [6.45, 7) is 8.02. The number of carbonyl (C=O) groups is 1. The Morgan fingerprint density at radius 3 is 2.71 bits per heavy atom. The highest BCUT2D eigenvalue weighted by molar-refractivity contribution is 7.99. The third kappa shape index (κ3) is 5.41. The number of hydrogen-bond acceptors (Lipinski definition) is 6. The Labute approximate surface area is 135 Å². The van der Waals surface area contributed by atoms with E-state index in [0.29, 0.717) is 30.3 Å². The van der Waals surface area contributed by atoms with E-state index in [1.807, 2.05) is 27.0 Å². The monoisotopic (exact) mass is 331 g/mol. The normalized spacial score (nSPS) is 10.9. The number of thioether (sulfide) groups is 1. The molecule has 0 aliphatic heterocycles. The number of hydrogen-bond donors (Lipinski definition) is 3. The SMILES string of the molecule is CCCNC(=O)c1sc(NCCOC(C)C)c(SC)c1N. The maximum Gasteiger partial charge on any atom is 0.263 e. The van der Waals surface area contributed by atoms with Crippen LogP contribution >= 0.6 is 23.1 Å². The van der Waals surface area contributed by atoms with Gasteiger partial charge in [0.25, 0.3) is 5.91 Å². The first-order valence-corrected chi connectivity index (χ1v) is 9.15. The molecule has 0 saturated carbocycles. The third-order valence-corrected chi connectivity index (χ3v) is 4.81. The van der Waals surface area contributed by atoms with Gasteiger partial charge in [0.05, 0.1) is 23.3 Å². The molecule has 1 aromatic rings. The molecule has 120 valence electrons. The average Bonchev–Trinajstić information content (AvgIpc) is 2.77. The summed E-state index contributed by atoms with van der Waals surface area (Å²) in [7, 11) is 0. The molecule has 0 bridgehead atoms. The van der Waals surface area contributed by atoms with Crippen LogP contribution in [0.4, 0.5) is 10.7 Å². The second-order valence-corrected chi connectivity index (χ2v) is 6.65. The Balaban J connectivity index is 2.73. The molecule has 0 aliphatic rings. The Morgan fingerprint density at radius 1 is 1.43 bits per heavy atom. The highest BCUT2D eigenvalue weighted by Crippen LogP contribution is 2.41. The fourth-order valence-electron chi connectivity index (χ4n) is 1.69. The molecule has 0 aromatic carbocycles. The van der Waals surface area contributed by atoms with Gasteiger partial charge in [-0.05, 0) is 26.5 Å². The van der Waals surface area contributed by atoms with Gasteiger partial charge in [-0.25, -0.2) is 0 Å². The zero-order valence-corrected chi connectivity index (χ0v) is 14.7. The first-order valence-electron chi connectivity index (χ1n) is 7.11. The van der Waals surface area contributed by atoms with E-state index in [2.05, 4.69) is 10.6 Å². The second-order valence-electron chi connectivity index (χ2n) is 4.81. The lowest BCUT2D eigenvalue weighted by atomic mass is 10.3. The highest BCUT2D eigenvalue weighted by Gasteiger charge is 2.20. The van der Waals surface area contributed by atoms with Crippen LogP contribution in [0.1, 0.15) is 36.9 Å². The van der Waals surface area contributed by atoms with Crippen molar-refractivity contribution >= 4 is 39.7 Å². The summed E-state index contributed by atoms with van der Waals surface area (Å²) in [4.78, 5) is 13.6. The van der Waals surface area contributed by atoms with E-state index >= 15 is 0 Å². The van der Waals surface area contributed by atoms with E-state index in [9.17, 15) is 4.79 Å². The fraction of sp³-hybridized carbons (Fsp3) is 0.643. The maximum absolute atomic E-state index is 12.1. The van der Waals surface area contributed by atoms with E-state index in [1.54, 1.807) is 11.8 Å². The van der Waals surface area contributed by atoms with Crippen LogP contribution in [-0.2, 0) is 4.74 Å². The van der Waals surface area contributed by atoms with E-state index in [-0.39, 0.29) is 12.0 Å². The lowest BCUT2D eigenvalue weighted by Gasteiger charge is -2.09. The summed E-state index contributed by atoms with van der Waals surface area (Å²) >= 11 is 2.95. The van der Waals surface area contributed by atoms with Crippen molar-refractivity contribution in [1.82, 2.24) is 5.32 Å². The van der Waals surface area contributed by atoms with Crippen molar-refractivity contribution in [2.45, 2.75) is 38.2 Å². The van der Waals surface area contributed by atoms with Crippen molar-refractivity contribution in [2.24, 2.45) is 0 Å². The van der Waals surface area contributed by atoms with Crippen LogP contribution in [0, 0.1) is 0 Å². The largest absolute Gasteiger partial charge is 0.396 e. The lowest BCUT2D eigenvalue weighted by molar-refractivity contribution is 0.0870. The smallest absolute Gasteiger partial charge is 0.263 e. The van der Waals surface area contributed by atoms with E-state index in [4.69, 9.17) is 10.5 Å². The zero-order chi connectivity index (χ0) is 15.8. The molecule has 1 rings (SSSR count). The predicted molar refractivity (Wildman–Crippen MR) is 92.7 cm³/mol. The zero-order valence-electron chi connectivity index (χ0n) is 13.1. The van der Waals surface area contributed by atoms with Crippen LogP contribution in [0.5, 0.6) is 0 Å². The minimum atomic E-state index is -0.0962. The predicted octanol–water partition coefficient (Wildman–Crippen LogP) is 3.03. The van der Waals surface area contributed by atoms with E-state index in [1.165, 1.54) is 11.3 Å². The molecule has 0 aliphatic carbocycles. The molecule has 7 heteroatoms. The lowest BCUT2D eigenvalue weighted by Crippen LogP contribution is -2.23. The molecule has 1 heterocycles.